The standard InChI is InChI=1S/C23H17FN2OS/c1-15-7-8-18(13-20(15)24)22(27)25-19-11-9-16(10-12-19)21-14-28-23(26-21)17-5-3-2-4-6-17/h2-14H,1H3,(H,25,27). The zero-order chi connectivity index (χ0) is 19.5. The number of hydrogen-bond donors (Lipinski definition) is 1. The summed E-state index contributed by atoms with van der Waals surface area (Å²) in [5.41, 5.74) is 4.40. The van der Waals surface area contributed by atoms with Gasteiger partial charge >= 0.3 is 0 Å². The molecule has 0 aliphatic rings. The number of nitrogens with one attached hydrogen (secondary N) is 1. The number of carbonyl (C=O) groups excluding carboxylic acids is 1. The minimum atomic E-state index is -0.388. The Morgan fingerprint density at radius 2 is 1.71 bits per heavy atom. The van der Waals surface area contributed by atoms with Crippen molar-refractivity contribution in [3.8, 4) is 21.8 Å². The van der Waals surface area contributed by atoms with Crippen LogP contribution in [-0.4, -0.2) is 10.9 Å². The van der Waals surface area contributed by atoms with Crippen molar-refractivity contribution in [2.24, 2.45) is 0 Å². The zero-order valence-corrected chi connectivity index (χ0v) is 16.0. The molecule has 0 saturated heterocycles. The van der Waals surface area contributed by atoms with Crippen LogP contribution in [0.4, 0.5) is 10.1 Å². The highest BCUT2D eigenvalue weighted by atomic mass is 32.1. The molecule has 1 aromatic heterocycles. The lowest BCUT2D eigenvalue weighted by atomic mass is 10.1. The number of carbonyl (C=O) groups is 1. The normalized spacial score (nSPS) is 10.6. The second-order valence-electron chi connectivity index (χ2n) is 6.40. The van der Waals surface area contributed by atoms with Crippen LogP contribution in [0.3, 0.4) is 0 Å². The van der Waals surface area contributed by atoms with E-state index in [-0.39, 0.29) is 11.7 Å². The van der Waals surface area contributed by atoms with E-state index < -0.39 is 0 Å². The van der Waals surface area contributed by atoms with Crippen LogP contribution < -0.4 is 5.32 Å². The number of rotatable bonds is 4. The second kappa shape index (κ2) is 7.74. The molecule has 0 unspecified atom stereocenters. The maximum Gasteiger partial charge on any atom is 0.255 e. The predicted molar refractivity (Wildman–Crippen MR) is 112 cm³/mol. The van der Waals surface area contributed by atoms with Crippen LogP contribution in [0.2, 0.25) is 0 Å². The molecule has 4 rings (SSSR count). The average Bonchev–Trinajstić information content (AvgIpc) is 3.21. The van der Waals surface area contributed by atoms with Crippen molar-refractivity contribution >= 4 is 22.9 Å². The van der Waals surface area contributed by atoms with Gasteiger partial charge in [-0.25, -0.2) is 9.37 Å². The van der Waals surface area contributed by atoms with E-state index in [1.54, 1.807) is 30.4 Å². The minimum absolute atomic E-state index is 0.291. The van der Waals surface area contributed by atoms with Gasteiger partial charge in [-0.05, 0) is 36.8 Å². The monoisotopic (exact) mass is 388 g/mol. The highest BCUT2D eigenvalue weighted by molar-refractivity contribution is 7.13. The smallest absolute Gasteiger partial charge is 0.255 e. The Bertz CT molecular complexity index is 1120. The fourth-order valence-corrected chi connectivity index (χ4v) is 3.62. The molecule has 0 bridgehead atoms. The molecule has 4 aromatic rings. The lowest BCUT2D eigenvalue weighted by Gasteiger charge is -2.07. The Hall–Kier alpha value is -3.31. The SMILES string of the molecule is Cc1ccc(C(=O)Nc2ccc(-c3csc(-c4ccccc4)n3)cc2)cc1F. The first kappa shape index (κ1) is 18.1. The summed E-state index contributed by atoms with van der Waals surface area (Å²) in [5, 5.41) is 5.78. The molecule has 1 heterocycles. The summed E-state index contributed by atoms with van der Waals surface area (Å²) in [4.78, 5) is 17.0. The molecule has 1 amide bonds. The van der Waals surface area contributed by atoms with Crippen LogP contribution in [0.25, 0.3) is 21.8 Å². The van der Waals surface area contributed by atoms with Gasteiger partial charge in [0, 0.05) is 27.8 Å². The Kier molecular flexibility index (Phi) is 5.00. The molecule has 0 spiro atoms. The summed E-state index contributed by atoms with van der Waals surface area (Å²) in [6, 6.07) is 22.0. The molecule has 5 heteroatoms. The lowest BCUT2D eigenvalue weighted by Crippen LogP contribution is -2.12. The van der Waals surface area contributed by atoms with Crippen LogP contribution in [-0.2, 0) is 0 Å². The molecule has 1 N–H and O–H groups in total. The Balaban J connectivity index is 1.49. The van der Waals surface area contributed by atoms with Gasteiger partial charge in [0.15, 0.2) is 0 Å². The molecular formula is C23H17FN2OS. The van der Waals surface area contributed by atoms with Crippen LogP contribution in [0, 0.1) is 12.7 Å². The van der Waals surface area contributed by atoms with E-state index in [1.165, 1.54) is 6.07 Å². The maximum atomic E-state index is 13.7. The first-order valence-corrected chi connectivity index (χ1v) is 9.67. The molecule has 0 aliphatic carbocycles. The molecule has 0 saturated carbocycles. The van der Waals surface area contributed by atoms with E-state index in [2.05, 4.69) is 5.32 Å². The molecular weight excluding hydrogens is 371 g/mol. The van der Waals surface area contributed by atoms with E-state index in [9.17, 15) is 9.18 Å². The molecule has 3 aromatic carbocycles. The van der Waals surface area contributed by atoms with Gasteiger partial charge in [0.05, 0.1) is 5.69 Å². The first-order chi connectivity index (χ1) is 13.6. The quantitative estimate of drug-likeness (QED) is 0.454. The van der Waals surface area contributed by atoms with Crippen LogP contribution in [0.5, 0.6) is 0 Å². The van der Waals surface area contributed by atoms with Crippen molar-refractivity contribution in [2.75, 3.05) is 5.32 Å². The van der Waals surface area contributed by atoms with Crippen molar-refractivity contribution in [2.45, 2.75) is 6.92 Å². The van der Waals surface area contributed by atoms with E-state index >= 15 is 0 Å². The summed E-state index contributed by atoms with van der Waals surface area (Å²) in [5.74, 6) is -0.729. The third-order valence-electron chi connectivity index (χ3n) is 4.40. The summed E-state index contributed by atoms with van der Waals surface area (Å²) in [6.45, 7) is 1.66. The predicted octanol–water partition coefficient (Wildman–Crippen LogP) is 6.18. The van der Waals surface area contributed by atoms with E-state index in [1.807, 2.05) is 60.0 Å². The van der Waals surface area contributed by atoms with E-state index in [4.69, 9.17) is 4.98 Å². The lowest BCUT2D eigenvalue weighted by molar-refractivity contribution is 0.102. The summed E-state index contributed by atoms with van der Waals surface area (Å²) in [7, 11) is 0. The molecule has 0 atom stereocenters. The second-order valence-corrected chi connectivity index (χ2v) is 7.26. The number of benzene rings is 3. The minimum Gasteiger partial charge on any atom is -0.322 e. The summed E-state index contributed by atoms with van der Waals surface area (Å²) in [6.07, 6.45) is 0. The molecule has 3 nitrogen and oxygen atoms in total. The van der Waals surface area contributed by atoms with Gasteiger partial charge in [0.25, 0.3) is 5.91 Å². The first-order valence-electron chi connectivity index (χ1n) is 8.79. The van der Waals surface area contributed by atoms with Gasteiger partial charge in [-0.1, -0.05) is 48.5 Å². The number of halogens is 1. The Labute approximate surface area is 166 Å². The van der Waals surface area contributed by atoms with Gasteiger partial charge < -0.3 is 5.32 Å². The van der Waals surface area contributed by atoms with Crippen molar-refractivity contribution in [1.82, 2.24) is 4.98 Å². The number of nitrogens with zero attached hydrogens (tertiary/aromatic N) is 1. The number of thiazole rings is 1. The van der Waals surface area contributed by atoms with Crippen LogP contribution >= 0.6 is 11.3 Å². The van der Waals surface area contributed by atoms with Gasteiger partial charge in [-0.15, -0.1) is 11.3 Å². The topological polar surface area (TPSA) is 42.0 Å². The maximum absolute atomic E-state index is 13.7. The zero-order valence-electron chi connectivity index (χ0n) is 15.1. The highest BCUT2D eigenvalue weighted by Gasteiger charge is 2.10. The molecule has 28 heavy (non-hydrogen) atoms. The molecule has 0 aliphatic heterocycles. The number of aryl methyl sites for hydroxylation is 1. The number of aromatic nitrogens is 1. The van der Waals surface area contributed by atoms with Crippen LogP contribution in [0.1, 0.15) is 15.9 Å². The van der Waals surface area contributed by atoms with Crippen molar-refractivity contribution in [3.63, 3.8) is 0 Å². The van der Waals surface area contributed by atoms with Gasteiger partial charge in [0.2, 0.25) is 0 Å². The summed E-state index contributed by atoms with van der Waals surface area (Å²) >= 11 is 1.60. The van der Waals surface area contributed by atoms with Gasteiger partial charge in [-0.3, -0.25) is 4.79 Å². The van der Waals surface area contributed by atoms with Crippen molar-refractivity contribution in [1.29, 1.82) is 0 Å². The third kappa shape index (κ3) is 3.85. The van der Waals surface area contributed by atoms with Gasteiger partial charge in [-0.2, -0.15) is 0 Å². The van der Waals surface area contributed by atoms with E-state index in [0.717, 1.165) is 21.8 Å². The number of anilines is 1. The largest absolute Gasteiger partial charge is 0.322 e. The van der Waals surface area contributed by atoms with Crippen molar-refractivity contribution < 1.29 is 9.18 Å². The fraction of sp³-hybridized carbons (Fsp3) is 0.0435. The Morgan fingerprint density at radius 3 is 2.43 bits per heavy atom. The third-order valence-corrected chi connectivity index (χ3v) is 5.29. The molecule has 138 valence electrons. The fourth-order valence-electron chi connectivity index (χ4n) is 2.78. The molecule has 0 fully saturated rings. The highest BCUT2D eigenvalue weighted by Crippen LogP contribution is 2.29. The van der Waals surface area contributed by atoms with Gasteiger partial charge in [0.1, 0.15) is 10.8 Å². The average molecular weight is 388 g/mol. The Morgan fingerprint density at radius 1 is 0.964 bits per heavy atom. The molecule has 0 radical (unpaired) electrons. The van der Waals surface area contributed by atoms with Crippen LogP contribution in [0.15, 0.2) is 78.2 Å². The number of amides is 1. The number of hydrogen-bond acceptors (Lipinski definition) is 3. The van der Waals surface area contributed by atoms with E-state index in [0.29, 0.717) is 16.8 Å². The van der Waals surface area contributed by atoms with Crippen molar-refractivity contribution in [3.05, 3.63) is 95.1 Å². The summed E-state index contributed by atoms with van der Waals surface area (Å²) < 4.78 is 13.7.